The second-order valence-corrected chi connectivity index (χ2v) is 6.01. The second-order valence-electron chi connectivity index (χ2n) is 4.30. The molecule has 2 rings (SSSR count). The van der Waals surface area contributed by atoms with Gasteiger partial charge in [-0.2, -0.15) is 0 Å². The first-order chi connectivity index (χ1) is 10.6. The highest BCUT2D eigenvalue weighted by atomic mass is 79.9. The summed E-state index contributed by atoms with van der Waals surface area (Å²) in [6.07, 6.45) is 0.784. The van der Waals surface area contributed by atoms with Crippen LogP contribution in [0.4, 0.5) is 0 Å². The Bertz CT molecular complexity index is 618. The van der Waals surface area contributed by atoms with Gasteiger partial charge in [0.15, 0.2) is 0 Å². The summed E-state index contributed by atoms with van der Waals surface area (Å²) in [6.45, 7) is 0.782. The van der Waals surface area contributed by atoms with E-state index in [1.54, 1.807) is 19.2 Å². The third-order valence-corrected chi connectivity index (χ3v) is 3.99. The van der Waals surface area contributed by atoms with Crippen molar-refractivity contribution in [3.63, 3.8) is 0 Å². The van der Waals surface area contributed by atoms with Crippen molar-refractivity contribution < 1.29 is 19.0 Å². The second kappa shape index (κ2) is 8.19. The van der Waals surface area contributed by atoms with E-state index < -0.39 is 0 Å². The molecule has 0 fully saturated rings. The number of hydrogen-bond donors (Lipinski definition) is 0. The molecule has 22 heavy (non-hydrogen) atoms. The lowest BCUT2D eigenvalue weighted by Crippen LogP contribution is -2.09. The van der Waals surface area contributed by atoms with Gasteiger partial charge in [0.05, 0.1) is 16.1 Å². The van der Waals surface area contributed by atoms with Gasteiger partial charge in [0.2, 0.25) is 0 Å². The predicted octanol–water partition coefficient (Wildman–Crippen LogP) is 4.49. The van der Waals surface area contributed by atoms with Gasteiger partial charge in [0.25, 0.3) is 0 Å². The monoisotopic (exact) mass is 428 g/mol. The summed E-state index contributed by atoms with van der Waals surface area (Å²) >= 11 is 6.77. The zero-order chi connectivity index (χ0) is 15.9. The van der Waals surface area contributed by atoms with E-state index in [4.69, 9.17) is 14.2 Å². The molecule has 0 bridgehead atoms. The van der Waals surface area contributed by atoms with Gasteiger partial charge < -0.3 is 14.2 Å². The van der Waals surface area contributed by atoms with E-state index in [0.29, 0.717) is 33.5 Å². The highest BCUT2D eigenvalue weighted by Gasteiger charge is 2.09. The summed E-state index contributed by atoms with van der Waals surface area (Å²) < 4.78 is 17.8. The highest BCUT2D eigenvalue weighted by Crippen LogP contribution is 2.34. The van der Waals surface area contributed by atoms with Crippen LogP contribution in [-0.4, -0.2) is 26.6 Å². The maximum atomic E-state index is 10.8. The number of halogens is 2. The van der Waals surface area contributed by atoms with Crippen LogP contribution in [0.3, 0.4) is 0 Å². The Labute approximate surface area is 145 Å². The van der Waals surface area contributed by atoms with Gasteiger partial charge in [0, 0.05) is 5.56 Å². The SMILES string of the molecule is COc1ccc(OCCOc2c(Br)cc(C=O)cc2Br)cc1. The molecule has 0 aliphatic heterocycles. The molecule has 116 valence electrons. The van der Waals surface area contributed by atoms with E-state index in [1.807, 2.05) is 24.3 Å². The number of rotatable bonds is 7. The Balaban J connectivity index is 1.87. The van der Waals surface area contributed by atoms with Crippen LogP contribution in [-0.2, 0) is 0 Å². The van der Waals surface area contributed by atoms with Crippen molar-refractivity contribution in [2.75, 3.05) is 20.3 Å². The van der Waals surface area contributed by atoms with E-state index in [-0.39, 0.29) is 0 Å². The predicted molar refractivity (Wildman–Crippen MR) is 91.2 cm³/mol. The topological polar surface area (TPSA) is 44.8 Å². The van der Waals surface area contributed by atoms with Gasteiger partial charge in [0.1, 0.15) is 36.7 Å². The van der Waals surface area contributed by atoms with Crippen LogP contribution in [0.2, 0.25) is 0 Å². The molecule has 6 heteroatoms. The molecule has 0 saturated heterocycles. The molecule has 2 aromatic rings. The van der Waals surface area contributed by atoms with E-state index in [2.05, 4.69) is 31.9 Å². The van der Waals surface area contributed by atoms with Crippen LogP contribution in [0.15, 0.2) is 45.3 Å². The lowest BCUT2D eigenvalue weighted by Gasteiger charge is -2.12. The van der Waals surface area contributed by atoms with Crippen molar-refractivity contribution in [3.05, 3.63) is 50.9 Å². The van der Waals surface area contributed by atoms with Gasteiger partial charge in [-0.05, 0) is 68.3 Å². The molecule has 0 radical (unpaired) electrons. The number of methoxy groups -OCH3 is 1. The Hall–Kier alpha value is -1.53. The Morgan fingerprint density at radius 1 is 0.955 bits per heavy atom. The summed E-state index contributed by atoms with van der Waals surface area (Å²) in [5.41, 5.74) is 0.570. The van der Waals surface area contributed by atoms with Crippen LogP contribution < -0.4 is 14.2 Å². The first kappa shape index (κ1) is 16.8. The van der Waals surface area contributed by atoms with Gasteiger partial charge in [-0.1, -0.05) is 0 Å². The van der Waals surface area contributed by atoms with Crippen molar-refractivity contribution >= 4 is 38.1 Å². The fourth-order valence-electron chi connectivity index (χ4n) is 1.76. The third kappa shape index (κ3) is 4.48. The molecule has 0 unspecified atom stereocenters. The summed E-state index contributed by atoms with van der Waals surface area (Å²) in [6, 6.07) is 10.8. The zero-order valence-corrected chi connectivity index (χ0v) is 15.0. The first-order valence-electron chi connectivity index (χ1n) is 6.48. The van der Waals surface area contributed by atoms with Crippen molar-refractivity contribution in [1.29, 1.82) is 0 Å². The van der Waals surface area contributed by atoms with Crippen LogP contribution >= 0.6 is 31.9 Å². The van der Waals surface area contributed by atoms with Crippen molar-refractivity contribution in [2.24, 2.45) is 0 Å². The molecule has 0 amide bonds. The number of carbonyl (C=O) groups excluding carboxylic acids is 1. The van der Waals surface area contributed by atoms with E-state index >= 15 is 0 Å². The molecule has 0 saturated carbocycles. The van der Waals surface area contributed by atoms with Crippen molar-refractivity contribution in [1.82, 2.24) is 0 Å². The molecule has 0 N–H and O–H groups in total. The van der Waals surface area contributed by atoms with Gasteiger partial charge in [-0.3, -0.25) is 4.79 Å². The first-order valence-corrected chi connectivity index (χ1v) is 8.06. The molecule has 0 aliphatic rings. The number of ether oxygens (including phenoxy) is 3. The highest BCUT2D eigenvalue weighted by molar-refractivity contribution is 9.11. The Morgan fingerprint density at radius 2 is 1.50 bits per heavy atom. The van der Waals surface area contributed by atoms with Crippen LogP contribution in [0.25, 0.3) is 0 Å². The number of hydrogen-bond acceptors (Lipinski definition) is 4. The minimum Gasteiger partial charge on any atom is -0.497 e. The Morgan fingerprint density at radius 3 is 2.05 bits per heavy atom. The van der Waals surface area contributed by atoms with Gasteiger partial charge >= 0.3 is 0 Å². The quantitative estimate of drug-likeness (QED) is 0.480. The average molecular weight is 430 g/mol. The number of benzene rings is 2. The maximum absolute atomic E-state index is 10.8. The minimum absolute atomic E-state index is 0.379. The minimum atomic E-state index is 0.379. The van der Waals surface area contributed by atoms with Crippen LogP contribution in [0.1, 0.15) is 10.4 Å². The lowest BCUT2D eigenvalue weighted by molar-refractivity contribution is 0.112. The zero-order valence-electron chi connectivity index (χ0n) is 11.8. The normalized spacial score (nSPS) is 10.1. The molecule has 4 nitrogen and oxygen atoms in total. The number of aldehydes is 1. The van der Waals surface area contributed by atoms with Crippen LogP contribution in [0.5, 0.6) is 17.2 Å². The summed E-state index contributed by atoms with van der Waals surface area (Å²) in [5.74, 6) is 2.18. The van der Waals surface area contributed by atoms with Crippen molar-refractivity contribution in [3.8, 4) is 17.2 Å². The van der Waals surface area contributed by atoms with Crippen LogP contribution in [0, 0.1) is 0 Å². The molecule has 2 aromatic carbocycles. The standard InChI is InChI=1S/C16H14Br2O4/c1-20-12-2-4-13(5-3-12)21-6-7-22-16-14(17)8-11(10-19)9-15(16)18/h2-5,8-10H,6-7H2,1H3. The Kier molecular flexibility index (Phi) is 6.27. The molecule has 0 atom stereocenters. The smallest absolute Gasteiger partial charge is 0.150 e. The summed E-state index contributed by atoms with van der Waals surface area (Å²) in [4.78, 5) is 10.8. The summed E-state index contributed by atoms with van der Waals surface area (Å²) in [5, 5.41) is 0. The van der Waals surface area contributed by atoms with E-state index in [1.165, 1.54) is 0 Å². The maximum Gasteiger partial charge on any atom is 0.150 e. The van der Waals surface area contributed by atoms with Gasteiger partial charge in [-0.25, -0.2) is 0 Å². The third-order valence-electron chi connectivity index (χ3n) is 2.81. The number of carbonyl (C=O) groups is 1. The van der Waals surface area contributed by atoms with Crippen molar-refractivity contribution in [2.45, 2.75) is 0 Å². The molecular weight excluding hydrogens is 416 g/mol. The van der Waals surface area contributed by atoms with E-state index in [0.717, 1.165) is 17.8 Å². The van der Waals surface area contributed by atoms with E-state index in [9.17, 15) is 4.79 Å². The molecule has 0 aromatic heterocycles. The molecular formula is C16H14Br2O4. The largest absolute Gasteiger partial charge is 0.497 e. The van der Waals surface area contributed by atoms with Gasteiger partial charge in [-0.15, -0.1) is 0 Å². The fourth-order valence-corrected chi connectivity index (χ4v) is 3.21. The lowest BCUT2D eigenvalue weighted by atomic mass is 10.2. The molecule has 0 heterocycles. The molecule has 0 aliphatic carbocycles. The molecule has 0 spiro atoms. The average Bonchev–Trinajstić information content (AvgIpc) is 2.53. The summed E-state index contributed by atoms with van der Waals surface area (Å²) in [7, 11) is 1.62. The fraction of sp³-hybridized carbons (Fsp3) is 0.188.